The van der Waals surface area contributed by atoms with Crippen LogP contribution in [-0.4, -0.2) is 60.9 Å². The van der Waals surface area contributed by atoms with Crippen molar-refractivity contribution in [3.8, 4) is 0 Å². The number of ether oxygens (including phenoxy) is 1. The molecule has 0 aromatic carbocycles. The minimum Gasteiger partial charge on any atom is -0.467 e. The van der Waals surface area contributed by atoms with Gasteiger partial charge < -0.3 is 4.74 Å². The van der Waals surface area contributed by atoms with Crippen LogP contribution in [0.15, 0.2) is 0 Å². The highest BCUT2D eigenvalue weighted by Crippen LogP contribution is 2.47. The molecule has 1 aliphatic heterocycles. The molecule has 17 heavy (non-hydrogen) atoms. The quantitative estimate of drug-likeness (QED) is 0.543. The lowest BCUT2D eigenvalue weighted by Gasteiger charge is -2.23. The van der Waals surface area contributed by atoms with Gasteiger partial charge in [-0.3, -0.25) is 9.80 Å². The molecule has 4 nitrogen and oxygen atoms in total. The summed E-state index contributed by atoms with van der Waals surface area (Å²) in [6.07, 6.45) is -4.59. The molecular formula is C10H17F3N2O2. The molecule has 0 saturated carbocycles. The van der Waals surface area contributed by atoms with Crippen molar-refractivity contribution in [2.75, 3.05) is 33.4 Å². The number of carbonyl (C=O) groups is 1. The molecular weight excluding hydrogens is 237 g/mol. The summed E-state index contributed by atoms with van der Waals surface area (Å²) in [6.45, 7) is 4.81. The predicted molar refractivity (Wildman–Crippen MR) is 55.3 cm³/mol. The first kappa shape index (κ1) is 14.2. The van der Waals surface area contributed by atoms with Crippen LogP contribution in [0.25, 0.3) is 0 Å². The Morgan fingerprint density at radius 3 is 2.29 bits per heavy atom. The largest absolute Gasteiger partial charge is 0.467 e. The van der Waals surface area contributed by atoms with E-state index in [9.17, 15) is 18.0 Å². The number of rotatable bonds is 5. The molecule has 2 atom stereocenters. The summed E-state index contributed by atoms with van der Waals surface area (Å²) >= 11 is 0. The standard InChI is InChI=1S/C10H17F3N2O2/c1-4-14(5-2)7-15-6-9(15,8(16)17-3)10(11,12)13/h4-7H2,1-3H3. The molecule has 1 rings (SSSR count). The van der Waals surface area contributed by atoms with Gasteiger partial charge in [-0.25, -0.2) is 4.79 Å². The zero-order valence-corrected chi connectivity index (χ0v) is 10.2. The molecule has 0 aromatic heterocycles. The summed E-state index contributed by atoms with van der Waals surface area (Å²) in [4.78, 5) is 14.2. The molecule has 0 radical (unpaired) electrons. The van der Waals surface area contributed by atoms with Crippen LogP contribution in [-0.2, 0) is 9.53 Å². The second-order valence-corrected chi connectivity index (χ2v) is 3.99. The third kappa shape index (κ3) is 2.40. The molecule has 1 heterocycles. The first-order valence-corrected chi connectivity index (χ1v) is 5.46. The fraction of sp³-hybridized carbons (Fsp3) is 0.900. The number of halogens is 3. The molecule has 2 unspecified atom stereocenters. The highest BCUT2D eigenvalue weighted by Gasteiger charge is 2.75. The Morgan fingerprint density at radius 1 is 1.41 bits per heavy atom. The summed E-state index contributed by atoms with van der Waals surface area (Å²) < 4.78 is 42.9. The molecule has 1 fully saturated rings. The summed E-state index contributed by atoms with van der Waals surface area (Å²) in [7, 11) is 0.976. The third-order valence-electron chi connectivity index (χ3n) is 3.11. The highest BCUT2D eigenvalue weighted by molar-refractivity contribution is 5.85. The van der Waals surface area contributed by atoms with E-state index < -0.39 is 17.7 Å². The Labute approximate surface area is 98.3 Å². The van der Waals surface area contributed by atoms with Gasteiger partial charge in [-0.15, -0.1) is 0 Å². The van der Waals surface area contributed by atoms with E-state index in [-0.39, 0.29) is 13.2 Å². The fourth-order valence-electron chi connectivity index (χ4n) is 1.82. The van der Waals surface area contributed by atoms with Gasteiger partial charge in [0.2, 0.25) is 5.54 Å². The van der Waals surface area contributed by atoms with Crippen LogP contribution in [0, 0.1) is 0 Å². The average molecular weight is 254 g/mol. The molecule has 0 spiro atoms. The van der Waals surface area contributed by atoms with Crippen molar-refractivity contribution in [2.45, 2.75) is 25.6 Å². The van der Waals surface area contributed by atoms with E-state index in [1.807, 2.05) is 18.7 Å². The topological polar surface area (TPSA) is 32.5 Å². The van der Waals surface area contributed by atoms with Gasteiger partial charge >= 0.3 is 12.1 Å². The van der Waals surface area contributed by atoms with Crippen molar-refractivity contribution < 1.29 is 22.7 Å². The van der Waals surface area contributed by atoms with E-state index >= 15 is 0 Å². The van der Waals surface area contributed by atoms with Crippen molar-refractivity contribution in [1.29, 1.82) is 0 Å². The second-order valence-electron chi connectivity index (χ2n) is 3.99. The van der Waals surface area contributed by atoms with Gasteiger partial charge in [-0.05, 0) is 13.1 Å². The maximum Gasteiger partial charge on any atom is 0.418 e. The average Bonchev–Trinajstić information content (AvgIpc) is 2.99. The highest BCUT2D eigenvalue weighted by atomic mass is 19.4. The maximum absolute atomic E-state index is 12.9. The lowest BCUT2D eigenvalue weighted by Crippen LogP contribution is -2.47. The molecule has 7 heteroatoms. The predicted octanol–water partition coefficient (Wildman–Crippen LogP) is 1.08. The van der Waals surface area contributed by atoms with Crippen LogP contribution >= 0.6 is 0 Å². The van der Waals surface area contributed by atoms with Crippen molar-refractivity contribution in [1.82, 2.24) is 9.80 Å². The maximum atomic E-state index is 12.9. The number of alkyl halides is 3. The van der Waals surface area contributed by atoms with E-state index in [1.54, 1.807) is 0 Å². The lowest BCUT2D eigenvalue weighted by atomic mass is 10.1. The van der Waals surface area contributed by atoms with Crippen LogP contribution in [0.5, 0.6) is 0 Å². The number of methoxy groups -OCH3 is 1. The number of hydrogen-bond donors (Lipinski definition) is 0. The zero-order chi connectivity index (χ0) is 13.3. The van der Waals surface area contributed by atoms with Gasteiger partial charge in [-0.1, -0.05) is 13.8 Å². The van der Waals surface area contributed by atoms with Crippen molar-refractivity contribution in [3.63, 3.8) is 0 Å². The Kier molecular flexibility index (Phi) is 4.03. The van der Waals surface area contributed by atoms with E-state index in [0.717, 1.165) is 12.0 Å². The minimum atomic E-state index is -4.59. The smallest absolute Gasteiger partial charge is 0.418 e. The second kappa shape index (κ2) is 4.81. The van der Waals surface area contributed by atoms with Crippen LogP contribution in [0.4, 0.5) is 13.2 Å². The molecule has 0 N–H and O–H groups in total. The molecule has 0 amide bonds. The first-order chi connectivity index (χ1) is 7.83. The first-order valence-electron chi connectivity index (χ1n) is 5.46. The van der Waals surface area contributed by atoms with Crippen LogP contribution < -0.4 is 0 Å². The Balaban J connectivity index is 2.77. The molecule has 0 aliphatic carbocycles. The SMILES string of the molecule is CCN(CC)CN1CC1(C(=O)OC)C(F)(F)F. The Hall–Kier alpha value is -0.820. The summed E-state index contributed by atoms with van der Waals surface area (Å²) in [5.41, 5.74) is -2.43. The molecule has 100 valence electrons. The Morgan fingerprint density at radius 2 is 1.94 bits per heavy atom. The van der Waals surface area contributed by atoms with Crippen molar-refractivity contribution >= 4 is 5.97 Å². The van der Waals surface area contributed by atoms with Gasteiger partial charge in [0.05, 0.1) is 13.8 Å². The molecule has 1 aliphatic rings. The number of hydrogen-bond acceptors (Lipinski definition) is 4. The number of carbonyl (C=O) groups excluding carboxylic acids is 1. The lowest BCUT2D eigenvalue weighted by molar-refractivity contribution is -0.193. The van der Waals surface area contributed by atoms with Crippen molar-refractivity contribution in [2.24, 2.45) is 0 Å². The van der Waals surface area contributed by atoms with E-state index in [1.165, 1.54) is 0 Å². The molecule has 0 bridgehead atoms. The van der Waals surface area contributed by atoms with Crippen LogP contribution in [0.3, 0.4) is 0 Å². The van der Waals surface area contributed by atoms with Gasteiger partial charge in [0.15, 0.2) is 0 Å². The van der Waals surface area contributed by atoms with Gasteiger partial charge in [0, 0.05) is 6.54 Å². The van der Waals surface area contributed by atoms with Gasteiger partial charge in [-0.2, -0.15) is 13.2 Å². The Bertz CT molecular complexity index is 292. The summed E-state index contributed by atoms with van der Waals surface area (Å²) in [5, 5.41) is 0. The summed E-state index contributed by atoms with van der Waals surface area (Å²) in [6, 6.07) is 0. The third-order valence-corrected chi connectivity index (χ3v) is 3.11. The normalized spacial score (nSPS) is 28.3. The van der Waals surface area contributed by atoms with E-state index in [0.29, 0.717) is 13.1 Å². The van der Waals surface area contributed by atoms with Crippen LogP contribution in [0.1, 0.15) is 13.8 Å². The summed E-state index contributed by atoms with van der Waals surface area (Å²) in [5.74, 6) is -1.22. The van der Waals surface area contributed by atoms with Gasteiger partial charge in [0.25, 0.3) is 0 Å². The van der Waals surface area contributed by atoms with E-state index in [2.05, 4.69) is 4.74 Å². The number of nitrogens with zero attached hydrogens (tertiary/aromatic N) is 2. The minimum absolute atomic E-state index is 0.127. The molecule has 1 saturated heterocycles. The van der Waals surface area contributed by atoms with Crippen molar-refractivity contribution in [3.05, 3.63) is 0 Å². The van der Waals surface area contributed by atoms with E-state index in [4.69, 9.17) is 0 Å². The van der Waals surface area contributed by atoms with Crippen LogP contribution in [0.2, 0.25) is 0 Å². The monoisotopic (exact) mass is 254 g/mol. The zero-order valence-electron chi connectivity index (χ0n) is 10.2. The van der Waals surface area contributed by atoms with Gasteiger partial charge in [0.1, 0.15) is 0 Å². The molecule has 0 aromatic rings. The number of esters is 1. The fourth-order valence-corrected chi connectivity index (χ4v) is 1.82.